The van der Waals surface area contributed by atoms with Crippen LogP contribution in [0, 0.1) is 0 Å². The summed E-state index contributed by atoms with van der Waals surface area (Å²) in [6.45, 7) is 1.53. The third-order valence-electron chi connectivity index (χ3n) is 3.67. The van der Waals surface area contributed by atoms with E-state index in [0.717, 1.165) is 11.3 Å². The van der Waals surface area contributed by atoms with Gasteiger partial charge in [-0.05, 0) is 30.7 Å². The van der Waals surface area contributed by atoms with Crippen LogP contribution in [-0.2, 0) is 11.2 Å². The number of carbonyl (C=O) groups is 2. The summed E-state index contributed by atoms with van der Waals surface area (Å²) >= 11 is 0. The first-order chi connectivity index (χ1) is 11.1. The van der Waals surface area contributed by atoms with Gasteiger partial charge in [-0.15, -0.1) is 0 Å². The van der Waals surface area contributed by atoms with E-state index in [1.165, 1.54) is 6.92 Å². The molecule has 0 fully saturated rings. The molecular formula is C18H17NO4. The van der Waals surface area contributed by atoms with Crippen LogP contribution in [0.5, 0.6) is 11.5 Å². The number of carbonyl (C=O) groups excluding carboxylic acids is 2. The SMILES string of the molecule is CC(N)C(=O)Oc1ccccc1C(=O)[C@@H]1Cc2ccccc2O1. The van der Waals surface area contributed by atoms with Gasteiger partial charge in [0, 0.05) is 6.42 Å². The van der Waals surface area contributed by atoms with Crippen molar-refractivity contribution in [3.8, 4) is 11.5 Å². The Labute approximate surface area is 134 Å². The summed E-state index contributed by atoms with van der Waals surface area (Å²) in [5.41, 5.74) is 6.82. The Bertz CT molecular complexity index is 729. The molecule has 5 nitrogen and oxygen atoms in total. The third kappa shape index (κ3) is 3.10. The minimum absolute atomic E-state index is 0.208. The maximum Gasteiger partial charge on any atom is 0.328 e. The molecular weight excluding hydrogens is 294 g/mol. The van der Waals surface area contributed by atoms with E-state index in [1.54, 1.807) is 24.3 Å². The number of para-hydroxylation sites is 2. The van der Waals surface area contributed by atoms with E-state index >= 15 is 0 Å². The van der Waals surface area contributed by atoms with Gasteiger partial charge in [-0.3, -0.25) is 4.79 Å². The number of nitrogens with two attached hydrogens (primary N) is 1. The molecule has 0 radical (unpaired) electrons. The number of rotatable bonds is 4. The molecule has 0 amide bonds. The van der Waals surface area contributed by atoms with E-state index in [-0.39, 0.29) is 11.5 Å². The van der Waals surface area contributed by atoms with Crippen LogP contribution in [0.1, 0.15) is 22.8 Å². The van der Waals surface area contributed by atoms with Gasteiger partial charge in [0.1, 0.15) is 17.5 Å². The summed E-state index contributed by atoms with van der Waals surface area (Å²) in [5.74, 6) is 0.130. The number of ketones is 1. The minimum Gasteiger partial charge on any atom is -0.482 e. The van der Waals surface area contributed by atoms with Crippen molar-refractivity contribution in [2.45, 2.75) is 25.5 Å². The molecule has 0 saturated carbocycles. The van der Waals surface area contributed by atoms with E-state index in [4.69, 9.17) is 15.2 Å². The molecule has 1 aliphatic heterocycles. The monoisotopic (exact) mass is 311 g/mol. The number of esters is 1. The second-order valence-corrected chi connectivity index (χ2v) is 5.49. The molecule has 0 spiro atoms. The van der Waals surface area contributed by atoms with E-state index in [0.29, 0.717) is 12.0 Å². The van der Waals surface area contributed by atoms with Gasteiger partial charge in [-0.1, -0.05) is 30.3 Å². The van der Waals surface area contributed by atoms with Crippen molar-refractivity contribution in [1.82, 2.24) is 0 Å². The highest BCUT2D eigenvalue weighted by Crippen LogP contribution is 2.31. The smallest absolute Gasteiger partial charge is 0.328 e. The zero-order valence-corrected chi connectivity index (χ0v) is 12.7. The summed E-state index contributed by atoms with van der Waals surface area (Å²) in [7, 11) is 0. The third-order valence-corrected chi connectivity index (χ3v) is 3.67. The van der Waals surface area contributed by atoms with E-state index in [2.05, 4.69) is 0 Å². The molecule has 0 aromatic heterocycles. The van der Waals surface area contributed by atoms with E-state index < -0.39 is 18.1 Å². The van der Waals surface area contributed by atoms with Gasteiger partial charge in [0.25, 0.3) is 0 Å². The first-order valence-corrected chi connectivity index (χ1v) is 7.41. The first-order valence-electron chi connectivity index (χ1n) is 7.41. The maximum atomic E-state index is 12.7. The summed E-state index contributed by atoms with van der Waals surface area (Å²) in [4.78, 5) is 24.4. The van der Waals surface area contributed by atoms with Gasteiger partial charge in [0.2, 0.25) is 5.78 Å². The molecule has 2 N–H and O–H groups in total. The second-order valence-electron chi connectivity index (χ2n) is 5.49. The van der Waals surface area contributed by atoms with Crippen LogP contribution in [-0.4, -0.2) is 23.9 Å². The average Bonchev–Trinajstić information content (AvgIpc) is 2.98. The van der Waals surface area contributed by atoms with Gasteiger partial charge in [-0.25, -0.2) is 4.79 Å². The molecule has 2 aromatic carbocycles. The van der Waals surface area contributed by atoms with Crippen molar-refractivity contribution in [2.75, 3.05) is 0 Å². The van der Waals surface area contributed by atoms with Crippen molar-refractivity contribution >= 4 is 11.8 Å². The normalized spacial score (nSPS) is 17.0. The van der Waals surface area contributed by atoms with Crippen molar-refractivity contribution in [3.63, 3.8) is 0 Å². The van der Waals surface area contributed by atoms with Crippen molar-refractivity contribution in [1.29, 1.82) is 0 Å². The Morgan fingerprint density at radius 3 is 2.61 bits per heavy atom. The molecule has 23 heavy (non-hydrogen) atoms. The summed E-state index contributed by atoms with van der Waals surface area (Å²) in [5, 5.41) is 0. The van der Waals surface area contributed by atoms with Gasteiger partial charge in [-0.2, -0.15) is 0 Å². The lowest BCUT2D eigenvalue weighted by Crippen LogP contribution is -2.32. The lowest BCUT2D eigenvalue weighted by molar-refractivity contribution is -0.135. The van der Waals surface area contributed by atoms with E-state index in [9.17, 15) is 9.59 Å². The zero-order chi connectivity index (χ0) is 16.4. The van der Waals surface area contributed by atoms with Crippen LogP contribution in [0.25, 0.3) is 0 Å². The number of Topliss-reactive ketones (excluding diaryl/α,β-unsaturated/α-hetero) is 1. The predicted octanol–water partition coefficient (Wildman–Crippen LogP) is 2.13. The fourth-order valence-electron chi connectivity index (χ4n) is 2.46. The molecule has 1 unspecified atom stereocenters. The van der Waals surface area contributed by atoms with Gasteiger partial charge in [0.05, 0.1) is 5.56 Å². The molecule has 3 rings (SSSR count). The van der Waals surface area contributed by atoms with Gasteiger partial charge >= 0.3 is 5.97 Å². The number of fused-ring (bicyclic) bond motifs is 1. The Morgan fingerprint density at radius 1 is 1.17 bits per heavy atom. The Kier molecular flexibility index (Phi) is 4.12. The number of hydrogen-bond acceptors (Lipinski definition) is 5. The number of ether oxygens (including phenoxy) is 2. The Hall–Kier alpha value is -2.66. The largest absolute Gasteiger partial charge is 0.482 e. The summed E-state index contributed by atoms with van der Waals surface area (Å²) in [6, 6.07) is 13.4. The van der Waals surface area contributed by atoms with Crippen LogP contribution in [0.3, 0.4) is 0 Å². The highest BCUT2D eigenvalue weighted by molar-refractivity contribution is 6.03. The Morgan fingerprint density at radius 2 is 1.87 bits per heavy atom. The molecule has 2 atom stereocenters. The highest BCUT2D eigenvalue weighted by Gasteiger charge is 2.31. The molecule has 0 aliphatic carbocycles. The maximum absolute atomic E-state index is 12.7. The fourth-order valence-corrected chi connectivity index (χ4v) is 2.46. The predicted molar refractivity (Wildman–Crippen MR) is 84.6 cm³/mol. The van der Waals surface area contributed by atoms with Crippen LogP contribution < -0.4 is 15.2 Å². The molecule has 1 aliphatic rings. The minimum atomic E-state index is -0.759. The summed E-state index contributed by atoms with van der Waals surface area (Å²) in [6.07, 6.45) is -0.104. The number of benzene rings is 2. The molecule has 5 heteroatoms. The molecule has 0 bridgehead atoms. The topological polar surface area (TPSA) is 78.6 Å². The Balaban J connectivity index is 1.83. The van der Waals surface area contributed by atoms with Gasteiger partial charge < -0.3 is 15.2 Å². The standard InChI is InChI=1S/C18H17NO4/c1-11(19)18(21)23-15-9-5-3-7-13(15)17(20)16-10-12-6-2-4-8-14(12)22-16/h2-9,11,16H,10,19H2,1H3/t11?,16-/m0/s1. The first kappa shape index (κ1) is 15.2. The van der Waals surface area contributed by atoms with Crippen LogP contribution in [0.4, 0.5) is 0 Å². The fraction of sp³-hybridized carbons (Fsp3) is 0.222. The summed E-state index contributed by atoms with van der Waals surface area (Å²) < 4.78 is 10.9. The second kappa shape index (κ2) is 6.22. The number of hydrogen-bond donors (Lipinski definition) is 1. The van der Waals surface area contributed by atoms with Gasteiger partial charge in [0.15, 0.2) is 6.10 Å². The van der Waals surface area contributed by atoms with Crippen molar-refractivity contribution < 1.29 is 19.1 Å². The van der Waals surface area contributed by atoms with Crippen LogP contribution in [0.2, 0.25) is 0 Å². The van der Waals surface area contributed by atoms with Crippen LogP contribution in [0.15, 0.2) is 48.5 Å². The van der Waals surface area contributed by atoms with Crippen molar-refractivity contribution in [2.24, 2.45) is 5.73 Å². The lowest BCUT2D eigenvalue weighted by atomic mass is 10.0. The molecule has 0 saturated heterocycles. The zero-order valence-electron chi connectivity index (χ0n) is 12.7. The van der Waals surface area contributed by atoms with E-state index in [1.807, 2.05) is 24.3 Å². The quantitative estimate of drug-likeness (QED) is 0.531. The molecule has 1 heterocycles. The van der Waals surface area contributed by atoms with Crippen LogP contribution >= 0.6 is 0 Å². The highest BCUT2D eigenvalue weighted by atomic mass is 16.5. The molecule has 118 valence electrons. The lowest BCUT2D eigenvalue weighted by Gasteiger charge is -2.14. The average molecular weight is 311 g/mol. The van der Waals surface area contributed by atoms with Crippen molar-refractivity contribution in [3.05, 3.63) is 59.7 Å². The molecule has 2 aromatic rings.